The van der Waals surface area contributed by atoms with Crippen molar-refractivity contribution in [3.63, 3.8) is 0 Å². The summed E-state index contributed by atoms with van der Waals surface area (Å²) < 4.78 is 204. The van der Waals surface area contributed by atoms with Crippen LogP contribution in [0.5, 0.6) is 0 Å². The summed E-state index contributed by atoms with van der Waals surface area (Å²) in [7, 11) is 0. The van der Waals surface area contributed by atoms with E-state index >= 15 is 0 Å². The minimum atomic E-state index is -0.845. The first kappa shape index (κ1) is 16.4. The van der Waals surface area contributed by atoms with Gasteiger partial charge in [-0.2, -0.15) is 9.97 Å². The molecular weight excluding hydrogens is 683 g/mol. The summed E-state index contributed by atoms with van der Waals surface area (Å²) in [5.41, 5.74) is -2.10. The van der Waals surface area contributed by atoms with E-state index in [9.17, 15) is 8.22 Å². The van der Waals surface area contributed by atoms with Crippen LogP contribution in [0.3, 0.4) is 0 Å². The molecule has 5 heteroatoms. The van der Waals surface area contributed by atoms with E-state index < -0.39 is 184 Å². The van der Waals surface area contributed by atoms with Crippen LogP contribution in [0, 0.1) is 0 Å². The Bertz CT molecular complexity index is 4460. The lowest BCUT2D eigenvalue weighted by molar-refractivity contribution is 0.953. The van der Waals surface area contributed by atoms with Gasteiger partial charge in [-0.15, -0.1) is 0 Å². The maximum Gasteiger partial charge on any atom is 0.238 e. The van der Waals surface area contributed by atoms with Crippen LogP contribution < -0.4 is 0 Å². The molecule has 0 amide bonds. The molecule has 0 spiro atoms. The van der Waals surface area contributed by atoms with Gasteiger partial charge < -0.3 is 4.57 Å². The van der Waals surface area contributed by atoms with Gasteiger partial charge in [0.15, 0.2) is 11.6 Å². The number of aromatic nitrogens is 5. The van der Waals surface area contributed by atoms with Crippen LogP contribution in [-0.2, 0) is 0 Å². The SMILES string of the molecule is [2H]c1c([2H])c([2H])c(-c2nc(-c3c([2H])c([2H])c(-c4c([2H])c([2H])c([2H])c([2H])c4[2H])c([2H])c3[2H])nc(-n3c4ccccc4c4c5c6ccccc6n(-c6c([2H])c([2H])c(-c7c([2H])c([2H])c([2H])c([2H])c7[2H])c([2H])c6[2H])c5ccc43)n2)c([2H])c1[2H]. The summed E-state index contributed by atoms with van der Waals surface area (Å²) >= 11 is 0. The summed E-state index contributed by atoms with van der Waals surface area (Å²) in [6.45, 7) is 0. The molecule has 0 fully saturated rings. The summed E-state index contributed by atoms with van der Waals surface area (Å²) in [5.74, 6) is -1.46. The Hall–Kier alpha value is -7.63. The molecule has 0 aliphatic heterocycles. The standard InChI is InChI=1S/C51H33N5/c1-4-14-34(15-5-1)36-24-26-39(27-25-36)50-52-49(38-18-8-3-9-19-38)53-51(54-50)56-44-23-13-11-21-42(44)48-46(56)33-32-45-47(48)41-20-10-12-22-43(41)55(45)40-30-28-37(29-31-40)35-16-6-2-7-17-35/h1-33H/i1D,2D,3D,4D,5D,6D,7D,8D,9D,14D,15D,16D,17D,18D,19D,24D,25D,26D,27D,28D,29D,30D,31D. The van der Waals surface area contributed by atoms with Crippen LogP contribution in [0.25, 0.3) is 100 Å². The molecule has 11 aromatic rings. The molecule has 0 saturated heterocycles. The van der Waals surface area contributed by atoms with Gasteiger partial charge in [0, 0.05) is 38.4 Å². The summed E-state index contributed by atoms with van der Waals surface area (Å²) in [5, 5.41) is 2.06. The lowest BCUT2D eigenvalue weighted by Gasteiger charge is -2.12. The quantitative estimate of drug-likeness (QED) is 0.171. The fraction of sp³-hybridized carbons (Fsp3) is 0. The first-order valence-corrected chi connectivity index (χ1v) is 17.0. The van der Waals surface area contributed by atoms with Gasteiger partial charge in [0.25, 0.3) is 0 Å². The third-order valence-corrected chi connectivity index (χ3v) is 9.20. The van der Waals surface area contributed by atoms with E-state index in [1.165, 1.54) is 9.13 Å². The van der Waals surface area contributed by atoms with E-state index in [1.807, 2.05) is 0 Å². The van der Waals surface area contributed by atoms with E-state index in [-0.39, 0.29) is 11.6 Å². The Morgan fingerprint density at radius 3 is 1.27 bits per heavy atom. The van der Waals surface area contributed by atoms with Gasteiger partial charge in [0.05, 0.1) is 53.6 Å². The van der Waals surface area contributed by atoms with E-state index in [0.717, 1.165) is 0 Å². The molecule has 0 radical (unpaired) electrons. The van der Waals surface area contributed by atoms with Crippen LogP contribution in [0.15, 0.2) is 200 Å². The largest absolute Gasteiger partial charge is 0.309 e. The maximum absolute atomic E-state index is 9.42. The van der Waals surface area contributed by atoms with Crippen LogP contribution in [0.2, 0.25) is 0 Å². The molecule has 0 saturated carbocycles. The molecule has 262 valence electrons. The first-order chi connectivity index (χ1) is 37.3. The third kappa shape index (κ3) is 5.21. The normalized spacial score (nSPS) is 17.3. The van der Waals surface area contributed by atoms with Crippen molar-refractivity contribution in [3.8, 4) is 56.7 Å². The van der Waals surface area contributed by atoms with Crippen molar-refractivity contribution < 1.29 is 31.5 Å². The minimum Gasteiger partial charge on any atom is -0.309 e. The molecule has 56 heavy (non-hydrogen) atoms. The smallest absolute Gasteiger partial charge is 0.238 e. The van der Waals surface area contributed by atoms with Gasteiger partial charge in [-0.1, -0.05) is 163 Å². The van der Waals surface area contributed by atoms with E-state index in [2.05, 4.69) is 4.98 Å². The molecule has 0 aliphatic rings. The van der Waals surface area contributed by atoms with Gasteiger partial charge in [-0.3, -0.25) is 4.57 Å². The van der Waals surface area contributed by atoms with E-state index in [0.29, 0.717) is 43.6 Å². The fourth-order valence-corrected chi connectivity index (χ4v) is 6.87. The van der Waals surface area contributed by atoms with Gasteiger partial charge in [-0.25, -0.2) is 4.98 Å². The Balaban J connectivity index is 1.23. The summed E-state index contributed by atoms with van der Waals surface area (Å²) in [6, 6.07) is -0.0658. The summed E-state index contributed by atoms with van der Waals surface area (Å²) in [6.07, 6.45) is 0. The highest BCUT2D eigenvalue weighted by Crippen LogP contribution is 2.42. The van der Waals surface area contributed by atoms with Crippen LogP contribution in [0.4, 0.5) is 0 Å². The molecular formula is C51H33N5. The lowest BCUT2D eigenvalue weighted by Crippen LogP contribution is -2.06. The molecule has 8 aromatic carbocycles. The van der Waals surface area contributed by atoms with E-state index in [4.69, 9.17) is 33.3 Å². The number of rotatable bonds is 6. The van der Waals surface area contributed by atoms with Crippen molar-refractivity contribution in [2.75, 3.05) is 0 Å². The number of fused-ring (bicyclic) bond motifs is 7. The molecule has 0 atom stereocenters. The predicted octanol–water partition coefficient (Wildman–Crippen LogP) is 12.7. The van der Waals surface area contributed by atoms with Gasteiger partial charge >= 0.3 is 0 Å². The lowest BCUT2D eigenvalue weighted by atomic mass is 10.0. The Kier molecular flexibility index (Phi) is 3.82. The highest BCUT2D eigenvalue weighted by Gasteiger charge is 2.22. The highest BCUT2D eigenvalue weighted by atomic mass is 15.2. The summed E-state index contributed by atoms with van der Waals surface area (Å²) in [4.78, 5) is 13.9. The molecule has 0 N–H and O–H groups in total. The monoisotopic (exact) mass is 738 g/mol. The Labute approximate surface area is 355 Å². The average molecular weight is 739 g/mol. The van der Waals surface area contributed by atoms with Crippen molar-refractivity contribution in [1.82, 2.24) is 24.1 Å². The van der Waals surface area contributed by atoms with Crippen LogP contribution in [0.1, 0.15) is 31.5 Å². The maximum atomic E-state index is 9.42. The second-order valence-electron chi connectivity index (χ2n) is 12.3. The third-order valence-electron chi connectivity index (χ3n) is 9.20. The molecule has 0 bridgehead atoms. The fourth-order valence-electron chi connectivity index (χ4n) is 6.87. The van der Waals surface area contributed by atoms with Crippen LogP contribution >= 0.6 is 0 Å². The molecule has 11 rings (SSSR count). The number of benzene rings is 8. The molecule has 3 aromatic heterocycles. The van der Waals surface area contributed by atoms with Crippen molar-refractivity contribution in [1.29, 1.82) is 0 Å². The highest BCUT2D eigenvalue weighted by molar-refractivity contribution is 6.28. The Morgan fingerprint density at radius 2 is 0.732 bits per heavy atom. The zero-order valence-corrected chi connectivity index (χ0v) is 28.5. The number of hydrogen-bond acceptors (Lipinski definition) is 3. The zero-order chi connectivity index (χ0) is 57.0. The first-order valence-electron chi connectivity index (χ1n) is 28.5. The molecule has 0 aliphatic carbocycles. The molecule has 0 unspecified atom stereocenters. The van der Waals surface area contributed by atoms with Crippen molar-refractivity contribution >= 4 is 43.6 Å². The van der Waals surface area contributed by atoms with Gasteiger partial charge in [0.1, 0.15) is 0 Å². The van der Waals surface area contributed by atoms with Crippen molar-refractivity contribution in [2.24, 2.45) is 0 Å². The van der Waals surface area contributed by atoms with E-state index in [1.54, 1.807) is 60.7 Å². The molecule has 3 heterocycles. The molecule has 5 nitrogen and oxygen atoms in total. The van der Waals surface area contributed by atoms with Crippen molar-refractivity contribution in [2.45, 2.75) is 0 Å². The predicted molar refractivity (Wildman–Crippen MR) is 230 cm³/mol. The number of para-hydroxylation sites is 2. The topological polar surface area (TPSA) is 48.5 Å². The minimum absolute atomic E-state index is 0.233. The number of hydrogen-bond donors (Lipinski definition) is 0. The van der Waals surface area contributed by atoms with Gasteiger partial charge in [-0.05, 0) is 58.6 Å². The number of nitrogens with zero attached hydrogens (tertiary/aromatic N) is 5. The second kappa shape index (κ2) is 13.0. The zero-order valence-electron chi connectivity index (χ0n) is 51.5. The van der Waals surface area contributed by atoms with Crippen molar-refractivity contribution in [3.05, 3.63) is 200 Å². The second-order valence-corrected chi connectivity index (χ2v) is 12.3. The van der Waals surface area contributed by atoms with Crippen LogP contribution in [-0.4, -0.2) is 24.1 Å². The van der Waals surface area contributed by atoms with Gasteiger partial charge in [0.2, 0.25) is 5.95 Å². The Morgan fingerprint density at radius 1 is 0.339 bits per heavy atom. The average Bonchev–Trinajstić information content (AvgIpc) is 3.75.